The fourth-order valence-corrected chi connectivity index (χ4v) is 2.57. The lowest BCUT2D eigenvalue weighted by Crippen LogP contribution is -2.10. The zero-order valence-electron chi connectivity index (χ0n) is 10.5. The lowest BCUT2D eigenvalue weighted by atomic mass is 10.2. The molecule has 3 nitrogen and oxygen atoms in total. The predicted octanol–water partition coefficient (Wildman–Crippen LogP) is 3.01. The minimum atomic E-state index is -0.144. The number of esters is 1. The Kier molecular flexibility index (Phi) is 5.35. The molecule has 1 aromatic carbocycles. The quantitative estimate of drug-likeness (QED) is 0.498. The number of thioether (sulfide) groups is 1. The molecular weight excluding hydrogens is 234 g/mol. The molecular formula is C13H19NO2S. The van der Waals surface area contributed by atoms with Gasteiger partial charge in [-0.1, -0.05) is 13.0 Å². The van der Waals surface area contributed by atoms with E-state index in [4.69, 9.17) is 10.5 Å². The molecule has 1 rings (SSSR count). The van der Waals surface area contributed by atoms with E-state index < -0.39 is 0 Å². The van der Waals surface area contributed by atoms with Crippen LogP contribution in [0.1, 0.15) is 25.8 Å². The SMILES string of the molecule is CCOC(=O)CC(C)Sc1cc(N)ccc1C. The van der Waals surface area contributed by atoms with Crippen molar-refractivity contribution in [1.29, 1.82) is 0 Å². The topological polar surface area (TPSA) is 52.3 Å². The van der Waals surface area contributed by atoms with E-state index in [1.54, 1.807) is 11.8 Å². The molecule has 0 aliphatic carbocycles. The van der Waals surface area contributed by atoms with E-state index in [2.05, 4.69) is 0 Å². The molecule has 0 saturated carbocycles. The van der Waals surface area contributed by atoms with Gasteiger partial charge in [0.05, 0.1) is 13.0 Å². The minimum Gasteiger partial charge on any atom is -0.466 e. The Morgan fingerprint density at radius 1 is 1.53 bits per heavy atom. The van der Waals surface area contributed by atoms with Crippen molar-refractivity contribution in [2.24, 2.45) is 0 Å². The number of ether oxygens (including phenoxy) is 1. The zero-order valence-corrected chi connectivity index (χ0v) is 11.3. The van der Waals surface area contributed by atoms with E-state index in [0.717, 1.165) is 10.6 Å². The van der Waals surface area contributed by atoms with E-state index in [1.165, 1.54) is 5.56 Å². The molecule has 2 N–H and O–H groups in total. The Labute approximate surface area is 107 Å². The van der Waals surface area contributed by atoms with E-state index in [0.29, 0.717) is 13.0 Å². The third kappa shape index (κ3) is 4.69. The molecule has 0 saturated heterocycles. The van der Waals surface area contributed by atoms with E-state index in [9.17, 15) is 4.79 Å². The molecule has 94 valence electrons. The Morgan fingerprint density at radius 2 is 2.24 bits per heavy atom. The zero-order chi connectivity index (χ0) is 12.8. The molecule has 0 heterocycles. The number of hydrogen-bond acceptors (Lipinski definition) is 4. The first-order chi connectivity index (χ1) is 8.02. The summed E-state index contributed by atoms with van der Waals surface area (Å²) in [5.41, 5.74) is 7.68. The average Bonchev–Trinajstić information content (AvgIpc) is 2.23. The van der Waals surface area contributed by atoms with Gasteiger partial charge in [-0.05, 0) is 31.5 Å². The molecule has 0 aliphatic heterocycles. The number of rotatable bonds is 5. The van der Waals surface area contributed by atoms with Crippen molar-refractivity contribution in [3.8, 4) is 0 Å². The highest BCUT2D eigenvalue weighted by molar-refractivity contribution is 8.00. The Morgan fingerprint density at radius 3 is 2.88 bits per heavy atom. The normalized spacial score (nSPS) is 12.2. The van der Waals surface area contributed by atoms with Gasteiger partial charge in [-0.15, -0.1) is 11.8 Å². The van der Waals surface area contributed by atoms with E-state index in [1.807, 2.05) is 39.0 Å². The number of anilines is 1. The molecule has 0 bridgehead atoms. The third-order valence-corrected chi connectivity index (χ3v) is 3.56. The standard InChI is InChI=1S/C13H19NO2S/c1-4-16-13(15)7-10(3)17-12-8-11(14)6-5-9(12)2/h5-6,8,10H,4,7,14H2,1-3H3. The summed E-state index contributed by atoms with van der Waals surface area (Å²) < 4.78 is 4.93. The van der Waals surface area contributed by atoms with Crippen LogP contribution in [0.2, 0.25) is 0 Å². The average molecular weight is 253 g/mol. The summed E-state index contributed by atoms with van der Waals surface area (Å²) in [6.45, 7) is 6.31. The lowest BCUT2D eigenvalue weighted by molar-refractivity contribution is -0.142. The summed E-state index contributed by atoms with van der Waals surface area (Å²) in [4.78, 5) is 12.5. The maximum absolute atomic E-state index is 11.3. The number of carbonyl (C=O) groups is 1. The summed E-state index contributed by atoms with van der Waals surface area (Å²) in [6, 6.07) is 5.83. The fourth-order valence-electron chi connectivity index (χ4n) is 1.46. The molecule has 0 fully saturated rings. The van der Waals surface area contributed by atoms with Crippen LogP contribution in [-0.4, -0.2) is 17.8 Å². The van der Waals surface area contributed by atoms with Crippen molar-refractivity contribution in [2.75, 3.05) is 12.3 Å². The number of hydrogen-bond donors (Lipinski definition) is 1. The van der Waals surface area contributed by atoms with Gasteiger partial charge in [-0.3, -0.25) is 4.79 Å². The first kappa shape index (κ1) is 13.9. The second-order valence-corrected chi connectivity index (χ2v) is 5.44. The highest BCUT2D eigenvalue weighted by atomic mass is 32.2. The van der Waals surface area contributed by atoms with Crippen molar-refractivity contribution in [2.45, 2.75) is 37.3 Å². The van der Waals surface area contributed by atoms with Crippen LogP contribution >= 0.6 is 11.8 Å². The summed E-state index contributed by atoms with van der Waals surface area (Å²) in [5.74, 6) is -0.144. The van der Waals surface area contributed by atoms with Crippen LogP contribution in [0.5, 0.6) is 0 Å². The van der Waals surface area contributed by atoms with Gasteiger partial charge in [0.1, 0.15) is 0 Å². The Bertz CT molecular complexity index is 393. The number of nitrogen functional groups attached to an aromatic ring is 1. The lowest BCUT2D eigenvalue weighted by Gasteiger charge is -2.12. The van der Waals surface area contributed by atoms with Crippen LogP contribution in [0.25, 0.3) is 0 Å². The summed E-state index contributed by atoms with van der Waals surface area (Å²) in [6.07, 6.45) is 0.423. The molecule has 4 heteroatoms. The van der Waals surface area contributed by atoms with Gasteiger partial charge in [0, 0.05) is 15.8 Å². The van der Waals surface area contributed by atoms with E-state index >= 15 is 0 Å². The van der Waals surface area contributed by atoms with Gasteiger partial charge in [-0.2, -0.15) is 0 Å². The van der Waals surface area contributed by atoms with Crippen molar-refractivity contribution in [3.63, 3.8) is 0 Å². The molecule has 0 spiro atoms. The minimum absolute atomic E-state index is 0.144. The van der Waals surface area contributed by atoms with Gasteiger partial charge >= 0.3 is 5.97 Å². The first-order valence-electron chi connectivity index (χ1n) is 5.71. The van der Waals surface area contributed by atoms with Crippen LogP contribution in [0.15, 0.2) is 23.1 Å². The fraction of sp³-hybridized carbons (Fsp3) is 0.462. The second-order valence-electron chi connectivity index (χ2n) is 3.96. The molecule has 0 aliphatic rings. The van der Waals surface area contributed by atoms with Crippen LogP contribution < -0.4 is 5.73 Å². The van der Waals surface area contributed by atoms with Gasteiger partial charge in [-0.25, -0.2) is 0 Å². The Hall–Kier alpha value is -1.16. The van der Waals surface area contributed by atoms with Gasteiger partial charge in [0.25, 0.3) is 0 Å². The third-order valence-electron chi connectivity index (χ3n) is 2.30. The van der Waals surface area contributed by atoms with Gasteiger partial charge in [0.2, 0.25) is 0 Å². The molecule has 1 atom stereocenters. The van der Waals surface area contributed by atoms with E-state index in [-0.39, 0.29) is 11.2 Å². The highest BCUT2D eigenvalue weighted by Crippen LogP contribution is 2.29. The van der Waals surface area contributed by atoms with Crippen LogP contribution in [0.4, 0.5) is 5.69 Å². The highest BCUT2D eigenvalue weighted by Gasteiger charge is 2.12. The number of nitrogens with two attached hydrogens (primary N) is 1. The Balaban J connectivity index is 2.58. The molecule has 1 aromatic rings. The largest absolute Gasteiger partial charge is 0.466 e. The molecule has 0 radical (unpaired) electrons. The molecule has 1 unspecified atom stereocenters. The second kappa shape index (κ2) is 6.55. The molecule has 17 heavy (non-hydrogen) atoms. The number of carbonyl (C=O) groups excluding carboxylic acids is 1. The van der Waals surface area contributed by atoms with Gasteiger partial charge < -0.3 is 10.5 Å². The maximum atomic E-state index is 11.3. The van der Waals surface area contributed by atoms with Crippen LogP contribution in [-0.2, 0) is 9.53 Å². The predicted molar refractivity (Wildman–Crippen MR) is 72.2 cm³/mol. The summed E-state index contributed by atoms with van der Waals surface area (Å²) in [7, 11) is 0. The number of aryl methyl sites for hydroxylation is 1. The van der Waals surface area contributed by atoms with Crippen molar-refractivity contribution in [1.82, 2.24) is 0 Å². The number of benzene rings is 1. The van der Waals surface area contributed by atoms with Crippen molar-refractivity contribution in [3.05, 3.63) is 23.8 Å². The van der Waals surface area contributed by atoms with Crippen LogP contribution in [0, 0.1) is 6.92 Å². The van der Waals surface area contributed by atoms with Crippen molar-refractivity contribution < 1.29 is 9.53 Å². The monoisotopic (exact) mass is 253 g/mol. The molecule has 0 aromatic heterocycles. The molecule has 0 amide bonds. The van der Waals surface area contributed by atoms with Crippen molar-refractivity contribution >= 4 is 23.4 Å². The summed E-state index contributed by atoms with van der Waals surface area (Å²) >= 11 is 1.66. The summed E-state index contributed by atoms with van der Waals surface area (Å²) in [5, 5.41) is 0.189. The smallest absolute Gasteiger partial charge is 0.306 e. The van der Waals surface area contributed by atoms with Crippen LogP contribution in [0.3, 0.4) is 0 Å². The first-order valence-corrected chi connectivity index (χ1v) is 6.59. The maximum Gasteiger partial charge on any atom is 0.306 e. The van der Waals surface area contributed by atoms with Gasteiger partial charge in [0.15, 0.2) is 0 Å².